The van der Waals surface area contributed by atoms with E-state index in [-0.39, 0.29) is 28.9 Å². The second kappa shape index (κ2) is 7.02. The zero-order valence-electron chi connectivity index (χ0n) is 14.9. The van der Waals surface area contributed by atoms with Crippen molar-refractivity contribution in [2.24, 2.45) is 0 Å². The Kier molecular flexibility index (Phi) is 4.81. The quantitative estimate of drug-likeness (QED) is 0.823. The number of hydrogen-bond donors (Lipinski definition) is 1. The molecule has 0 radical (unpaired) electrons. The molecular formula is C19H19ClFN3O3S. The van der Waals surface area contributed by atoms with E-state index in [0.717, 1.165) is 17.8 Å². The van der Waals surface area contributed by atoms with Gasteiger partial charge in [-0.25, -0.2) is 12.8 Å². The number of carbonyl (C=O) groups excluding carboxylic acids is 1. The number of sulfonamides is 1. The summed E-state index contributed by atoms with van der Waals surface area (Å²) >= 11 is 5.96. The Morgan fingerprint density at radius 2 is 1.75 bits per heavy atom. The minimum atomic E-state index is -3.87. The summed E-state index contributed by atoms with van der Waals surface area (Å²) in [4.78, 5) is 14.6. The van der Waals surface area contributed by atoms with Gasteiger partial charge in [-0.3, -0.25) is 4.79 Å². The van der Waals surface area contributed by atoms with Crippen molar-refractivity contribution < 1.29 is 17.6 Å². The van der Waals surface area contributed by atoms with Crippen molar-refractivity contribution in [3.8, 4) is 0 Å². The fourth-order valence-corrected chi connectivity index (χ4v) is 5.90. The molecule has 6 nitrogen and oxygen atoms in total. The lowest BCUT2D eigenvalue weighted by Gasteiger charge is -2.42. The molecule has 0 aliphatic carbocycles. The van der Waals surface area contributed by atoms with Crippen LogP contribution >= 0.6 is 11.6 Å². The molecule has 0 aromatic heterocycles. The first kappa shape index (κ1) is 19.2. The molecule has 2 aromatic rings. The molecule has 1 amide bonds. The highest BCUT2D eigenvalue weighted by molar-refractivity contribution is 7.89. The van der Waals surface area contributed by atoms with Gasteiger partial charge in [-0.1, -0.05) is 29.8 Å². The molecule has 0 bridgehead atoms. The van der Waals surface area contributed by atoms with Gasteiger partial charge in [0.05, 0.1) is 11.7 Å². The zero-order chi connectivity index (χ0) is 19.9. The smallest absolute Gasteiger partial charge is 0.247 e. The van der Waals surface area contributed by atoms with Gasteiger partial charge in [0.2, 0.25) is 15.9 Å². The van der Waals surface area contributed by atoms with Crippen molar-refractivity contribution in [1.82, 2.24) is 9.62 Å². The number of rotatable bonds is 3. The molecule has 148 valence electrons. The number of piperidine rings is 1. The van der Waals surface area contributed by atoms with Gasteiger partial charge in [0.25, 0.3) is 0 Å². The number of nitrogens with zero attached hydrogens (tertiary/aromatic N) is 2. The summed E-state index contributed by atoms with van der Waals surface area (Å²) < 4.78 is 40.5. The first-order valence-electron chi connectivity index (χ1n) is 8.91. The first-order valence-corrected chi connectivity index (χ1v) is 10.7. The maximum Gasteiger partial charge on any atom is 0.247 e. The second-order valence-corrected chi connectivity index (χ2v) is 9.25. The molecule has 4 rings (SSSR count). The highest BCUT2D eigenvalue weighted by Crippen LogP contribution is 2.38. The van der Waals surface area contributed by atoms with Crippen LogP contribution in [-0.4, -0.2) is 43.9 Å². The highest BCUT2D eigenvalue weighted by Gasteiger charge is 2.51. The maximum atomic E-state index is 13.3. The average molecular weight is 424 g/mol. The number of para-hydroxylation sites is 1. The average Bonchev–Trinajstić information content (AvgIpc) is 2.98. The fourth-order valence-electron chi connectivity index (χ4n) is 3.95. The van der Waals surface area contributed by atoms with Gasteiger partial charge in [0.15, 0.2) is 0 Å². The van der Waals surface area contributed by atoms with E-state index in [1.807, 2.05) is 35.2 Å². The normalized spacial score (nSPS) is 19.8. The molecule has 0 saturated carbocycles. The predicted octanol–water partition coefficient (Wildman–Crippen LogP) is 2.60. The SMILES string of the molecule is O=C1NCN(c2ccccc2)C12CCN(S(=O)(=O)c1ccc(F)cc1Cl)CC2. The largest absolute Gasteiger partial charge is 0.339 e. The molecule has 9 heteroatoms. The lowest BCUT2D eigenvalue weighted by atomic mass is 9.86. The van der Waals surface area contributed by atoms with Crippen LogP contribution in [0.15, 0.2) is 53.4 Å². The van der Waals surface area contributed by atoms with E-state index in [4.69, 9.17) is 11.6 Å². The Labute approximate surface area is 167 Å². The van der Waals surface area contributed by atoms with Crippen LogP contribution in [-0.2, 0) is 14.8 Å². The molecule has 2 fully saturated rings. The number of nitrogens with one attached hydrogen (secondary N) is 1. The molecule has 2 heterocycles. The van der Waals surface area contributed by atoms with Gasteiger partial charge in [-0.2, -0.15) is 4.31 Å². The van der Waals surface area contributed by atoms with Crippen LogP contribution in [0.25, 0.3) is 0 Å². The number of anilines is 1. The molecule has 2 aromatic carbocycles. The van der Waals surface area contributed by atoms with E-state index in [1.165, 1.54) is 10.4 Å². The minimum absolute atomic E-state index is 0.0896. The maximum absolute atomic E-state index is 13.3. The van der Waals surface area contributed by atoms with Crippen molar-refractivity contribution in [2.45, 2.75) is 23.3 Å². The van der Waals surface area contributed by atoms with Crippen LogP contribution < -0.4 is 10.2 Å². The number of hydrogen-bond acceptors (Lipinski definition) is 4. The molecule has 1 N–H and O–H groups in total. The summed E-state index contributed by atoms with van der Waals surface area (Å²) in [5.41, 5.74) is 0.138. The molecule has 0 atom stereocenters. The number of carbonyl (C=O) groups is 1. The van der Waals surface area contributed by atoms with Crippen molar-refractivity contribution in [3.05, 3.63) is 59.4 Å². The monoisotopic (exact) mass is 423 g/mol. The Balaban J connectivity index is 1.59. The Bertz CT molecular complexity index is 1010. The van der Waals surface area contributed by atoms with Gasteiger partial charge in [-0.15, -0.1) is 0 Å². The molecule has 2 aliphatic heterocycles. The summed E-state index contributed by atoms with van der Waals surface area (Å²) in [6.07, 6.45) is 0.706. The summed E-state index contributed by atoms with van der Waals surface area (Å²) in [5, 5.41) is 2.74. The highest BCUT2D eigenvalue weighted by atomic mass is 35.5. The third kappa shape index (κ3) is 3.05. The van der Waals surface area contributed by atoms with Gasteiger partial charge in [0.1, 0.15) is 16.3 Å². The van der Waals surface area contributed by atoms with Crippen molar-refractivity contribution >= 4 is 33.2 Å². The van der Waals surface area contributed by atoms with Crippen molar-refractivity contribution in [3.63, 3.8) is 0 Å². The summed E-state index contributed by atoms with van der Waals surface area (Å²) in [6, 6.07) is 12.8. The number of halogens is 2. The van der Waals surface area contributed by atoms with Gasteiger partial charge < -0.3 is 10.2 Å². The third-order valence-corrected chi connectivity index (χ3v) is 7.85. The summed E-state index contributed by atoms with van der Waals surface area (Å²) in [5.74, 6) is -0.684. The third-order valence-electron chi connectivity index (χ3n) is 5.47. The van der Waals surface area contributed by atoms with Gasteiger partial charge in [-0.05, 0) is 43.2 Å². The molecule has 0 unspecified atom stereocenters. The molecular weight excluding hydrogens is 405 g/mol. The molecule has 2 aliphatic rings. The van der Waals surface area contributed by atoms with Crippen molar-refractivity contribution in [2.75, 3.05) is 24.7 Å². The predicted molar refractivity (Wildman–Crippen MR) is 104 cm³/mol. The Morgan fingerprint density at radius 1 is 1.07 bits per heavy atom. The fraction of sp³-hybridized carbons (Fsp3) is 0.316. The standard InChI is InChI=1S/C19H19ClFN3O3S/c20-16-12-14(21)6-7-17(16)28(26,27)23-10-8-19(9-11-23)18(25)22-13-24(19)15-4-2-1-3-5-15/h1-7,12H,8-11,13H2,(H,22,25). The van der Waals surface area contributed by atoms with Crippen LogP contribution in [0.4, 0.5) is 10.1 Å². The Morgan fingerprint density at radius 3 is 2.39 bits per heavy atom. The van der Waals surface area contributed by atoms with Crippen LogP contribution in [0.1, 0.15) is 12.8 Å². The first-order chi connectivity index (χ1) is 13.3. The zero-order valence-corrected chi connectivity index (χ0v) is 16.5. The molecule has 28 heavy (non-hydrogen) atoms. The van der Waals surface area contributed by atoms with E-state index in [2.05, 4.69) is 5.32 Å². The van der Waals surface area contributed by atoms with E-state index in [9.17, 15) is 17.6 Å². The van der Waals surface area contributed by atoms with E-state index < -0.39 is 21.4 Å². The second-order valence-electron chi connectivity index (χ2n) is 6.94. The lowest BCUT2D eigenvalue weighted by Crippen LogP contribution is -2.57. The van der Waals surface area contributed by atoms with Crippen LogP contribution in [0.3, 0.4) is 0 Å². The van der Waals surface area contributed by atoms with Crippen LogP contribution in [0, 0.1) is 5.82 Å². The van der Waals surface area contributed by atoms with Gasteiger partial charge in [0, 0.05) is 18.8 Å². The minimum Gasteiger partial charge on any atom is -0.339 e. The van der Waals surface area contributed by atoms with Crippen LogP contribution in [0.2, 0.25) is 5.02 Å². The van der Waals surface area contributed by atoms with E-state index in [1.54, 1.807) is 0 Å². The Hall–Kier alpha value is -2.16. The van der Waals surface area contributed by atoms with Crippen LogP contribution in [0.5, 0.6) is 0 Å². The van der Waals surface area contributed by atoms with Crippen molar-refractivity contribution in [1.29, 1.82) is 0 Å². The lowest BCUT2D eigenvalue weighted by molar-refractivity contribution is -0.124. The molecule has 1 spiro atoms. The summed E-state index contributed by atoms with van der Waals surface area (Å²) in [7, 11) is -3.87. The van der Waals surface area contributed by atoms with Gasteiger partial charge >= 0.3 is 0 Å². The topological polar surface area (TPSA) is 69.7 Å². The summed E-state index contributed by atoms with van der Waals surface area (Å²) in [6.45, 7) is 0.735. The van der Waals surface area contributed by atoms with E-state index in [0.29, 0.717) is 19.5 Å². The number of amides is 1. The number of benzene rings is 2. The van der Waals surface area contributed by atoms with E-state index >= 15 is 0 Å². The molecule has 2 saturated heterocycles.